The van der Waals surface area contributed by atoms with E-state index in [9.17, 15) is 4.79 Å². The van der Waals surface area contributed by atoms with Gasteiger partial charge in [-0.2, -0.15) is 0 Å². The van der Waals surface area contributed by atoms with Crippen LogP contribution in [0.2, 0.25) is 0 Å². The van der Waals surface area contributed by atoms with E-state index in [-0.39, 0.29) is 0 Å². The fraction of sp³-hybridized carbons (Fsp3) is 0. The summed E-state index contributed by atoms with van der Waals surface area (Å²) in [5.41, 5.74) is 2.49. The SMILES string of the molecule is O=C(O)/C=C/c1ccc2[nH]cnc2c1Br. The number of carboxylic acid groups (broad SMARTS) is 1. The lowest BCUT2D eigenvalue weighted by atomic mass is 10.2. The van der Waals surface area contributed by atoms with Crippen LogP contribution in [0, 0.1) is 0 Å². The second kappa shape index (κ2) is 3.86. The molecular weight excluding hydrogens is 260 g/mol. The molecule has 0 radical (unpaired) electrons. The summed E-state index contributed by atoms with van der Waals surface area (Å²) in [5.74, 6) is -0.968. The highest BCUT2D eigenvalue weighted by molar-refractivity contribution is 9.10. The number of aromatic amines is 1. The standard InChI is InChI=1S/C10H7BrN2O2/c11-9-6(2-4-8(14)15)1-3-7-10(9)13-5-12-7/h1-5H,(H,12,13)(H,14,15)/b4-2+. The summed E-state index contributed by atoms with van der Waals surface area (Å²) >= 11 is 3.38. The summed E-state index contributed by atoms with van der Waals surface area (Å²) < 4.78 is 0.791. The van der Waals surface area contributed by atoms with Crippen molar-refractivity contribution in [2.75, 3.05) is 0 Å². The van der Waals surface area contributed by atoms with Crippen molar-refractivity contribution >= 4 is 39.0 Å². The first-order valence-corrected chi connectivity index (χ1v) is 5.00. The van der Waals surface area contributed by atoms with Crippen LogP contribution in [0.25, 0.3) is 17.1 Å². The van der Waals surface area contributed by atoms with Crippen molar-refractivity contribution in [2.24, 2.45) is 0 Å². The van der Waals surface area contributed by atoms with E-state index in [0.717, 1.165) is 27.1 Å². The van der Waals surface area contributed by atoms with Crippen LogP contribution >= 0.6 is 15.9 Å². The lowest BCUT2D eigenvalue weighted by molar-refractivity contribution is -0.131. The van der Waals surface area contributed by atoms with Gasteiger partial charge in [0.05, 0.1) is 16.3 Å². The molecule has 0 aliphatic carbocycles. The first-order valence-electron chi connectivity index (χ1n) is 4.21. The molecule has 15 heavy (non-hydrogen) atoms. The molecule has 76 valence electrons. The summed E-state index contributed by atoms with van der Waals surface area (Å²) in [6, 6.07) is 3.68. The van der Waals surface area contributed by atoms with Gasteiger partial charge in [-0.3, -0.25) is 0 Å². The van der Waals surface area contributed by atoms with E-state index in [4.69, 9.17) is 5.11 Å². The Hall–Kier alpha value is -1.62. The van der Waals surface area contributed by atoms with Crippen molar-refractivity contribution in [1.82, 2.24) is 9.97 Å². The number of hydrogen-bond donors (Lipinski definition) is 2. The molecule has 0 amide bonds. The number of benzene rings is 1. The zero-order valence-electron chi connectivity index (χ0n) is 7.57. The lowest BCUT2D eigenvalue weighted by Gasteiger charge is -1.98. The Kier molecular flexibility index (Phi) is 2.55. The van der Waals surface area contributed by atoms with E-state index in [2.05, 4.69) is 25.9 Å². The molecule has 1 aromatic heterocycles. The van der Waals surface area contributed by atoms with Crippen molar-refractivity contribution in [1.29, 1.82) is 0 Å². The van der Waals surface area contributed by atoms with Crippen molar-refractivity contribution < 1.29 is 9.90 Å². The van der Waals surface area contributed by atoms with Crippen molar-refractivity contribution in [3.63, 3.8) is 0 Å². The third kappa shape index (κ3) is 1.92. The van der Waals surface area contributed by atoms with Gasteiger partial charge in [0.2, 0.25) is 0 Å². The Labute approximate surface area is 93.8 Å². The summed E-state index contributed by atoms with van der Waals surface area (Å²) in [6.45, 7) is 0. The predicted molar refractivity (Wildman–Crippen MR) is 60.5 cm³/mol. The van der Waals surface area contributed by atoms with Crippen molar-refractivity contribution in [3.05, 3.63) is 34.6 Å². The Morgan fingerprint density at radius 3 is 3.07 bits per heavy atom. The molecule has 1 aromatic carbocycles. The van der Waals surface area contributed by atoms with Crippen LogP contribution in [0.3, 0.4) is 0 Å². The van der Waals surface area contributed by atoms with Gasteiger partial charge in [-0.05, 0) is 33.6 Å². The van der Waals surface area contributed by atoms with E-state index in [1.165, 1.54) is 6.08 Å². The number of aromatic nitrogens is 2. The molecule has 0 saturated carbocycles. The fourth-order valence-corrected chi connectivity index (χ4v) is 1.86. The normalized spacial score (nSPS) is 11.3. The second-order valence-corrected chi connectivity index (χ2v) is 3.73. The van der Waals surface area contributed by atoms with Gasteiger partial charge < -0.3 is 10.1 Å². The van der Waals surface area contributed by atoms with Crippen LogP contribution in [0.1, 0.15) is 5.56 Å². The molecule has 0 aliphatic rings. The first-order chi connectivity index (χ1) is 7.18. The minimum absolute atomic E-state index is 0.789. The molecule has 0 unspecified atom stereocenters. The van der Waals surface area contributed by atoms with Crippen LogP contribution in [0.4, 0.5) is 0 Å². The molecule has 0 saturated heterocycles. The third-order valence-corrected chi connectivity index (χ3v) is 2.80. The van der Waals surface area contributed by atoms with Crippen LogP contribution in [0.5, 0.6) is 0 Å². The van der Waals surface area contributed by atoms with Gasteiger partial charge in [0, 0.05) is 6.08 Å². The van der Waals surface area contributed by atoms with Crippen LogP contribution in [-0.2, 0) is 4.79 Å². The molecule has 1 heterocycles. The summed E-state index contributed by atoms with van der Waals surface area (Å²) in [5, 5.41) is 8.52. The molecule has 0 atom stereocenters. The van der Waals surface area contributed by atoms with Gasteiger partial charge in [0.15, 0.2) is 0 Å². The lowest BCUT2D eigenvalue weighted by Crippen LogP contribution is -1.86. The van der Waals surface area contributed by atoms with E-state index in [1.807, 2.05) is 12.1 Å². The summed E-state index contributed by atoms with van der Waals surface area (Å²) in [6.07, 6.45) is 4.22. The van der Waals surface area contributed by atoms with Gasteiger partial charge in [0.1, 0.15) is 5.52 Å². The molecule has 2 aromatic rings. The average molecular weight is 267 g/mol. The van der Waals surface area contributed by atoms with E-state index < -0.39 is 5.97 Å². The Balaban J connectivity index is 2.52. The molecule has 4 nitrogen and oxygen atoms in total. The monoisotopic (exact) mass is 266 g/mol. The van der Waals surface area contributed by atoms with Crippen LogP contribution in [-0.4, -0.2) is 21.0 Å². The van der Waals surface area contributed by atoms with E-state index >= 15 is 0 Å². The number of aliphatic carboxylic acids is 1. The zero-order valence-corrected chi connectivity index (χ0v) is 9.15. The van der Waals surface area contributed by atoms with Crippen LogP contribution in [0.15, 0.2) is 29.0 Å². The smallest absolute Gasteiger partial charge is 0.328 e. The number of halogens is 1. The fourth-order valence-electron chi connectivity index (χ4n) is 1.28. The van der Waals surface area contributed by atoms with Gasteiger partial charge in [-0.1, -0.05) is 6.07 Å². The quantitative estimate of drug-likeness (QED) is 0.821. The number of imidazole rings is 1. The third-order valence-electron chi connectivity index (χ3n) is 1.97. The topological polar surface area (TPSA) is 66.0 Å². The first kappa shape index (κ1) is 9.92. The summed E-state index contributed by atoms with van der Waals surface area (Å²) in [7, 11) is 0. The number of H-pyrrole nitrogens is 1. The van der Waals surface area contributed by atoms with Crippen molar-refractivity contribution in [3.8, 4) is 0 Å². The zero-order chi connectivity index (χ0) is 10.8. The Morgan fingerprint density at radius 2 is 2.33 bits per heavy atom. The molecule has 0 bridgehead atoms. The number of carboxylic acids is 1. The maximum atomic E-state index is 10.4. The maximum Gasteiger partial charge on any atom is 0.328 e. The molecule has 5 heteroatoms. The van der Waals surface area contributed by atoms with Gasteiger partial charge in [-0.25, -0.2) is 9.78 Å². The molecule has 0 spiro atoms. The highest BCUT2D eigenvalue weighted by Gasteiger charge is 2.04. The maximum absolute atomic E-state index is 10.4. The molecular formula is C10H7BrN2O2. The molecule has 0 aliphatic heterocycles. The summed E-state index contributed by atoms with van der Waals surface area (Å²) in [4.78, 5) is 17.5. The predicted octanol–water partition coefficient (Wildman–Crippen LogP) is 2.42. The number of hydrogen-bond acceptors (Lipinski definition) is 2. The molecule has 0 fully saturated rings. The Bertz CT molecular complexity index is 545. The minimum Gasteiger partial charge on any atom is -0.478 e. The second-order valence-electron chi connectivity index (χ2n) is 2.94. The number of nitrogens with one attached hydrogen (secondary N) is 1. The number of fused-ring (bicyclic) bond motifs is 1. The highest BCUT2D eigenvalue weighted by Crippen LogP contribution is 2.26. The average Bonchev–Trinajstić information content (AvgIpc) is 2.65. The largest absolute Gasteiger partial charge is 0.478 e. The van der Waals surface area contributed by atoms with Crippen LogP contribution < -0.4 is 0 Å². The van der Waals surface area contributed by atoms with Gasteiger partial charge in [-0.15, -0.1) is 0 Å². The van der Waals surface area contributed by atoms with E-state index in [0.29, 0.717) is 0 Å². The van der Waals surface area contributed by atoms with E-state index in [1.54, 1.807) is 6.33 Å². The van der Waals surface area contributed by atoms with Crippen molar-refractivity contribution in [2.45, 2.75) is 0 Å². The molecule has 2 rings (SSSR count). The molecule has 2 N–H and O–H groups in total. The minimum atomic E-state index is -0.968. The number of rotatable bonds is 2. The van der Waals surface area contributed by atoms with Gasteiger partial charge >= 0.3 is 5.97 Å². The number of nitrogens with zero attached hydrogens (tertiary/aromatic N) is 1. The Morgan fingerprint density at radius 1 is 1.53 bits per heavy atom. The number of carbonyl (C=O) groups is 1. The highest BCUT2D eigenvalue weighted by atomic mass is 79.9. The van der Waals surface area contributed by atoms with Gasteiger partial charge in [0.25, 0.3) is 0 Å².